The standard InChI is InChI=1S/C31H40N6O3/c38-30(39)17-26(24-14-25(27-18-33-34-19-27)16-29(15-24)37-10-12-40-13-11-37)21-36-9-7-22(20-36)3-5-28-6-4-23-2-1-8-32-31(23)35-28/h4,6,14-16,18-19,22,26H,1-3,5,7-13,17,20-21H2,(H,32,35)(H,33,34)(H,38,39)/t22?,26-/m1/s1. The fourth-order valence-corrected chi connectivity index (χ4v) is 6.43. The van der Waals surface area contributed by atoms with E-state index in [9.17, 15) is 9.90 Å². The van der Waals surface area contributed by atoms with Crippen LogP contribution in [0.5, 0.6) is 0 Å². The Morgan fingerprint density at radius 1 is 1.15 bits per heavy atom. The van der Waals surface area contributed by atoms with E-state index >= 15 is 0 Å². The number of pyridine rings is 1. The van der Waals surface area contributed by atoms with Gasteiger partial charge in [-0.15, -0.1) is 0 Å². The Morgan fingerprint density at radius 3 is 2.88 bits per heavy atom. The molecule has 212 valence electrons. The molecule has 6 rings (SSSR count). The molecule has 1 aromatic carbocycles. The first-order valence-corrected chi connectivity index (χ1v) is 14.7. The Labute approximate surface area is 235 Å². The summed E-state index contributed by atoms with van der Waals surface area (Å²) in [6, 6.07) is 11.0. The van der Waals surface area contributed by atoms with Crippen molar-refractivity contribution < 1.29 is 14.6 Å². The van der Waals surface area contributed by atoms with E-state index in [2.05, 4.69) is 55.6 Å². The van der Waals surface area contributed by atoms with Crippen LogP contribution in [0, 0.1) is 5.92 Å². The van der Waals surface area contributed by atoms with Crippen molar-refractivity contribution in [1.29, 1.82) is 0 Å². The van der Waals surface area contributed by atoms with Crippen molar-refractivity contribution in [3.8, 4) is 11.1 Å². The zero-order valence-electron chi connectivity index (χ0n) is 23.1. The SMILES string of the molecule is O=C(O)C[C@H](CN1CCC(CCc2ccc3c(n2)NCCC3)C1)c1cc(-c2cn[nH]c2)cc(N2CCOCC2)c1. The molecule has 1 unspecified atom stereocenters. The highest BCUT2D eigenvalue weighted by Crippen LogP contribution is 2.34. The minimum absolute atomic E-state index is 0.0868. The molecule has 2 fully saturated rings. The third-order valence-corrected chi connectivity index (χ3v) is 8.65. The Hall–Kier alpha value is -3.43. The molecule has 0 aliphatic carbocycles. The molecule has 3 aliphatic rings. The molecule has 2 saturated heterocycles. The predicted octanol–water partition coefficient (Wildman–Crippen LogP) is 4.18. The average molecular weight is 545 g/mol. The highest BCUT2D eigenvalue weighted by molar-refractivity contribution is 5.71. The molecular weight excluding hydrogens is 504 g/mol. The van der Waals surface area contributed by atoms with E-state index < -0.39 is 5.97 Å². The van der Waals surface area contributed by atoms with Gasteiger partial charge in [0.15, 0.2) is 0 Å². The Bertz CT molecular complexity index is 1290. The van der Waals surface area contributed by atoms with Crippen LogP contribution in [0.4, 0.5) is 11.5 Å². The van der Waals surface area contributed by atoms with Crippen molar-refractivity contribution >= 4 is 17.5 Å². The molecule has 0 saturated carbocycles. The number of fused-ring (bicyclic) bond motifs is 1. The molecule has 9 heteroatoms. The number of ether oxygens (including phenoxy) is 1. The molecule has 0 radical (unpaired) electrons. The van der Waals surface area contributed by atoms with Gasteiger partial charge in [0.05, 0.1) is 25.8 Å². The summed E-state index contributed by atoms with van der Waals surface area (Å²) < 4.78 is 5.58. The molecule has 3 aromatic rings. The Balaban J connectivity index is 1.14. The maximum atomic E-state index is 12.0. The van der Waals surface area contributed by atoms with E-state index in [1.54, 1.807) is 0 Å². The highest BCUT2D eigenvalue weighted by Gasteiger charge is 2.27. The van der Waals surface area contributed by atoms with Gasteiger partial charge in [-0.05, 0) is 79.5 Å². The number of aromatic amines is 1. The monoisotopic (exact) mass is 544 g/mol. The van der Waals surface area contributed by atoms with Crippen LogP contribution in [0.15, 0.2) is 42.7 Å². The second kappa shape index (κ2) is 12.4. The van der Waals surface area contributed by atoms with Crippen LogP contribution < -0.4 is 10.2 Å². The summed E-state index contributed by atoms with van der Waals surface area (Å²) in [7, 11) is 0. The van der Waals surface area contributed by atoms with Crippen molar-refractivity contribution in [3.05, 3.63) is 59.5 Å². The zero-order chi connectivity index (χ0) is 27.3. The van der Waals surface area contributed by atoms with Crippen LogP contribution in [-0.2, 0) is 22.4 Å². The van der Waals surface area contributed by atoms with Gasteiger partial charge in [-0.3, -0.25) is 9.89 Å². The number of aliphatic carboxylic acids is 1. The number of benzene rings is 1. The average Bonchev–Trinajstić information content (AvgIpc) is 3.69. The summed E-state index contributed by atoms with van der Waals surface area (Å²) >= 11 is 0. The lowest BCUT2D eigenvalue weighted by Gasteiger charge is -2.31. The van der Waals surface area contributed by atoms with Crippen molar-refractivity contribution in [2.75, 3.05) is 62.7 Å². The van der Waals surface area contributed by atoms with Crippen molar-refractivity contribution in [2.24, 2.45) is 5.92 Å². The Kier molecular flexibility index (Phi) is 8.29. The molecule has 0 bridgehead atoms. The molecular formula is C31H40N6O3. The molecule has 9 nitrogen and oxygen atoms in total. The van der Waals surface area contributed by atoms with Crippen LogP contribution >= 0.6 is 0 Å². The summed E-state index contributed by atoms with van der Waals surface area (Å²) in [5.41, 5.74) is 6.78. The quantitative estimate of drug-likeness (QED) is 0.349. The summed E-state index contributed by atoms with van der Waals surface area (Å²) in [5.74, 6) is 0.839. The minimum atomic E-state index is -0.755. The summed E-state index contributed by atoms with van der Waals surface area (Å²) in [6.45, 7) is 6.86. The summed E-state index contributed by atoms with van der Waals surface area (Å²) in [4.78, 5) is 21.7. The number of carboxylic acids is 1. The first-order chi connectivity index (χ1) is 19.6. The third kappa shape index (κ3) is 6.47. The fourth-order valence-electron chi connectivity index (χ4n) is 6.43. The first kappa shape index (κ1) is 26.8. The van der Waals surface area contributed by atoms with Gasteiger partial charge in [0.2, 0.25) is 0 Å². The van der Waals surface area contributed by atoms with Crippen molar-refractivity contribution in [3.63, 3.8) is 0 Å². The van der Waals surface area contributed by atoms with E-state index in [1.165, 1.54) is 17.7 Å². The predicted molar refractivity (Wildman–Crippen MR) is 156 cm³/mol. The van der Waals surface area contributed by atoms with Gasteiger partial charge < -0.3 is 25.0 Å². The lowest BCUT2D eigenvalue weighted by atomic mass is 9.91. The molecule has 2 aromatic heterocycles. The van der Waals surface area contributed by atoms with Crippen LogP contribution in [0.2, 0.25) is 0 Å². The normalized spacial score (nSPS) is 20.2. The number of aryl methyl sites for hydroxylation is 2. The number of likely N-dealkylation sites (tertiary alicyclic amines) is 1. The molecule has 3 N–H and O–H groups in total. The Morgan fingerprint density at radius 2 is 2.05 bits per heavy atom. The second-order valence-corrected chi connectivity index (χ2v) is 11.5. The molecule has 5 heterocycles. The third-order valence-electron chi connectivity index (χ3n) is 8.65. The fraction of sp³-hybridized carbons (Fsp3) is 0.516. The number of aromatic nitrogens is 3. The lowest BCUT2D eigenvalue weighted by molar-refractivity contribution is -0.137. The van der Waals surface area contributed by atoms with Crippen LogP contribution in [0.25, 0.3) is 11.1 Å². The maximum absolute atomic E-state index is 12.0. The number of anilines is 2. The van der Waals surface area contributed by atoms with Gasteiger partial charge in [0, 0.05) is 61.8 Å². The molecule has 3 aliphatic heterocycles. The van der Waals surface area contributed by atoms with Gasteiger partial charge >= 0.3 is 5.97 Å². The number of H-pyrrole nitrogens is 1. The van der Waals surface area contributed by atoms with Gasteiger partial charge in [0.25, 0.3) is 0 Å². The van der Waals surface area contributed by atoms with Crippen molar-refractivity contribution in [2.45, 2.75) is 44.4 Å². The number of hydrogen-bond acceptors (Lipinski definition) is 7. The smallest absolute Gasteiger partial charge is 0.304 e. The minimum Gasteiger partial charge on any atom is -0.481 e. The number of morpholine rings is 1. The number of nitrogens with zero attached hydrogens (tertiary/aromatic N) is 4. The number of carboxylic acid groups (broad SMARTS) is 1. The van der Waals surface area contributed by atoms with E-state index in [1.807, 2.05) is 12.4 Å². The topological polar surface area (TPSA) is 107 Å². The van der Waals surface area contributed by atoms with Crippen molar-refractivity contribution in [1.82, 2.24) is 20.1 Å². The van der Waals surface area contributed by atoms with Gasteiger partial charge in [-0.25, -0.2) is 4.98 Å². The first-order valence-electron chi connectivity index (χ1n) is 14.7. The molecule has 0 amide bonds. The number of nitrogens with one attached hydrogen (secondary N) is 2. The highest BCUT2D eigenvalue weighted by atomic mass is 16.5. The number of rotatable bonds is 10. The van der Waals surface area contributed by atoms with E-state index in [4.69, 9.17) is 9.72 Å². The maximum Gasteiger partial charge on any atom is 0.304 e. The zero-order valence-corrected chi connectivity index (χ0v) is 23.1. The lowest BCUT2D eigenvalue weighted by Crippen LogP contribution is -2.36. The molecule has 40 heavy (non-hydrogen) atoms. The van der Waals surface area contributed by atoms with E-state index in [0.717, 1.165) is 93.1 Å². The van der Waals surface area contributed by atoms with Crippen LogP contribution in [0.3, 0.4) is 0 Å². The summed E-state index contributed by atoms with van der Waals surface area (Å²) in [5, 5.41) is 20.4. The number of carbonyl (C=O) groups is 1. The van der Waals surface area contributed by atoms with Crippen LogP contribution in [0.1, 0.15) is 48.4 Å². The largest absolute Gasteiger partial charge is 0.481 e. The molecule has 2 atom stereocenters. The van der Waals surface area contributed by atoms with E-state index in [-0.39, 0.29) is 12.3 Å². The van der Waals surface area contributed by atoms with Gasteiger partial charge in [0.1, 0.15) is 5.82 Å². The number of hydrogen-bond donors (Lipinski definition) is 3. The van der Waals surface area contributed by atoms with Gasteiger partial charge in [-0.1, -0.05) is 12.1 Å². The second-order valence-electron chi connectivity index (χ2n) is 11.5. The molecule has 0 spiro atoms. The van der Waals surface area contributed by atoms with Crippen LogP contribution in [-0.4, -0.2) is 83.6 Å². The summed E-state index contributed by atoms with van der Waals surface area (Å²) in [6.07, 6.45) is 9.38. The van der Waals surface area contributed by atoms with Gasteiger partial charge in [-0.2, -0.15) is 5.10 Å². The van der Waals surface area contributed by atoms with E-state index in [0.29, 0.717) is 19.1 Å².